The van der Waals surface area contributed by atoms with Gasteiger partial charge in [-0.3, -0.25) is 4.79 Å². The Kier molecular flexibility index (Phi) is 5.83. The fourth-order valence-corrected chi connectivity index (χ4v) is 1.52. The zero-order chi connectivity index (χ0) is 14.4. The second-order valence-electron chi connectivity index (χ2n) is 5.19. The van der Waals surface area contributed by atoms with Gasteiger partial charge in [0.15, 0.2) is 0 Å². The van der Waals surface area contributed by atoms with E-state index in [0.29, 0.717) is 24.6 Å². The van der Waals surface area contributed by atoms with Gasteiger partial charge in [-0.05, 0) is 37.5 Å². The maximum atomic E-state index is 11.8. The van der Waals surface area contributed by atoms with Gasteiger partial charge in [0.25, 0.3) is 0 Å². The number of hydrogen-bond acceptors (Lipinski definition) is 3. The van der Waals surface area contributed by atoms with Crippen LogP contribution in [0.15, 0.2) is 18.2 Å². The van der Waals surface area contributed by atoms with Crippen LogP contribution in [-0.4, -0.2) is 18.6 Å². The predicted molar refractivity (Wildman–Crippen MR) is 79.1 cm³/mol. The zero-order valence-corrected chi connectivity index (χ0v) is 12.2. The number of nitrogen functional groups attached to an aromatic ring is 1. The molecule has 1 aromatic carbocycles. The quantitative estimate of drug-likeness (QED) is 0.776. The number of hydrogen-bond donors (Lipinski definition) is 2. The Labute approximate surface area is 115 Å². The van der Waals surface area contributed by atoms with Crippen molar-refractivity contribution in [1.82, 2.24) is 0 Å². The summed E-state index contributed by atoms with van der Waals surface area (Å²) in [7, 11) is 0. The van der Waals surface area contributed by atoms with Crippen LogP contribution in [0.1, 0.15) is 32.8 Å². The van der Waals surface area contributed by atoms with Crippen molar-refractivity contribution in [1.29, 1.82) is 0 Å². The van der Waals surface area contributed by atoms with Crippen LogP contribution in [0.5, 0.6) is 0 Å². The summed E-state index contributed by atoms with van der Waals surface area (Å²) >= 11 is 0. The van der Waals surface area contributed by atoms with E-state index in [-0.39, 0.29) is 12.0 Å². The summed E-state index contributed by atoms with van der Waals surface area (Å²) in [5.41, 5.74) is 8.11. The van der Waals surface area contributed by atoms with Crippen LogP contribution in [-0.2, 0) is 9.53 Å². The Balaban J connectivity index is 2.41. The van der Waals surface area contributed by atoms with E-state index < -0.39 is 0 Å². The Morgan fingerprint density at radius 1 is 1.37 bits per heavy atom. The highest BCUT2D eigenvalue weighted by Crippen LogP contribution is 2.18. The maximum Gasteiger partial charge on any atom is 0.226 e. The first-order valence-corrected chi connectivity index (χ1v) is 6.67. The van der Waals surface area contributed by atoms with Crippen molar-refractivity contribution in [2.24, 2.45) is 5.92 Å². The predicted octanol–water partition coefficient (Wildman–Crippen LogP) is 2.97. The molecule has 4 nitrogen and oxygen atoms in total. The summed E-state index contributed by atoms with van der Waals surface area (Å²) in [5.74, 6) is 0.406. The van der Waals surface area contributed by atoms with E-state index >= 15 is 0 Å². The van der Waals surface area contributed by atoms with Crippen molar-refractivity contribution in [2.75, 3.05) is 17.7 Å². The number of nitrogens with one attached hydrogen (secondary N) is 1. The van der Waals surface area contributed by atoms with Crippen LogP contribution in [0.25, 0.3) is 0 Å². The molecule has 0 radical (unpaired) electrons. The number of aryl methyl sites for hydroxylation is 1. The molecule has 0 heterocycles. The molecule has 0 aromatic heterocycles. The van der Waals surface area contributed by atoms with Crippen molar-refractivity contribution in [2.45, 2.75) is 40.2 Å². The lowest BCUT2D eigenvalue weighted by Gasteiger charge is -2.16. The van der Waals surface area contributed by atoms with E-state index in [4.69, 9.17) is 10.5 Å². The molecule has 0 bridgehead atoms. The third kappa shape index (κ3) is 5.30. The minimum Gasteiger partial charge on any atom is -0.399 e. The third-order valence-electron chi connectivity index (χ3n) is 3.18. The molecule has 106 valence electrons. The van der Waals surface area contributed by atoms with E-state index in [9.17, 15) is 4.79 Å². The largest absolute Gasteiger partial charge is 0.399 e. The molecule has 19 heavy (non-hydrogen) atoms. The monoisotopic (exact) mass is 264 g/mol. The highest BCUT2D eigenvalue weighted by atomic mass is 16.5. The lowest BCUT2D eigenvalue weighted by Crippen LogP contribution is -2.20. The molecule has 0 aliphatic rings. The van der Waals surface area contributed by atoms with Gasteiger partial charge in [0.2, 0.25) is 5.91 Å². The lowest BCUT2D eigenvalue weighted by atomic mass is 10.1. The number of rotatable bonds is 6. The van der Waals surface area contributed by atoms with E-state index in [2.05, 4.69) is 19.2 Å². The number of amides is 1. The summed E-state index contributed by atoms with van der Waals surface area (Å²) < 4.78 is 5.58. The highest BCUT2D eigenvalue weighted by Gasteiger charge is 2.09. The second kappa shape index (κ2) is 7.14. The van der Waals surface area contributed by atoms with Gasteiger partial charge < -0.3 is 15.8 Å². The van der Waals surface area contributed by atoms with Gasteiger partial charge in [0.05, 0.1) is 19.1 Å². The molecule has 1 aromatic rings. The van der Waals surface area contributed by atoms with Crippen molar-refractivity contribution in [3.63, 3.8) is 0 Å². The first kappa shape index (κ1) is 15.5. The molecule has 0 saturated carbocycles. The Bertz CT molecular complexity index is 430. The molecular formula is C15H24N2O2. The fourth-order valence-electron chi connectivity index (χ4n) is 1.52. The Hall–Kier alpha value is -1.55. The smallest absolute Gasteiger partial charge is 0.226 e. The van der Waals surface area contributed by atoms with E-state index in [1.54, 1.807) is 6.07 Å². The topological polar surface area (TPSA) is 64.3 Å². The van der Waals surface area contributed by atoms with E-state index in [1.807, 2.05) is 26.0 Å². The molecule has 0 spiro atoms. The third-order valence-corrected chi connectivity index (χ3v) is 3.18. The van der Waals surface area contributed by atoms with Crippen LogP contribution in [0, 0.1) is 12.8 Å². The van der Waals surface area contributed by atoms with Gasteiger partial charge >= 0.3 is 0 Å². The summed E-state index contributed by atoms with van der Waals surface area (Å²) in [4.78, 5) is 11.8. The standard InChI is InChI=1S/C15H24N2O2/c1-10(2)12(4)19-8-7-15(18)17-14-9-13(16)6-5-11(14)3/h5-6,9-10,12H,7-8,16H2,1-4H3,(H,17,18). The van der Waals surface area contributed by atoms with Gasteiger partial charge in [-0.2, -0.15) is 0 Å². The van der Waals surface area contributed by atoms with Crippen LogP contribution in [0.4, 0.5) is 11.4 Å². The molecule has 3 N–H and O–H groups in total. The molecular weight excluding hydrogens is 240 g/mol. The zero-order valence-electron chi connectivity index (χ0n) is 12.2. The van der Waals surface area contributed by atoms with E-state index in [0.717, 1.165) is 11.3 Å². The SMILES string of the molecule is Cc1ccc(N)cc1NC(=O)CCOC(C)C(C)C. The van der Waals surface area contributed by atoms with Gasteiger partial charge in [-0.25, -0.2) is 0 Å². The molecule has 1 atom stereocenters. The highest BCUT2D eigenvalue weighted by molar-refractivity contribution is 5.92. The molecule has 1 amide bonds. The number of benzene rings is 1. The number of nitrogens with two attached hydrogens (primary N) is 1. The summed E-state index contributed by atoms with van der Waals surface area (Å²) in [6, 6.07) is 5.48. The number of carbonyl (C=O) groups excluding carboxylic acids is 1. The first-order valence-electron chi connectivity index (χ1n) is 6.67. The van der Waals surface area contributed by atoms with Crippen molar-refractivity contribution >= 4 is 17.3 Å². The molecule has 1 rings (SSSR count). The van der Waals surface area contributed by atoms with E-state index in [1.165, 1.54) is 0 Å². The van der Waals surface area contributed by atoms with Gasteiger partial charge in [0, 0.05) is 11.4 Å². The van der Waals surface area contributed by atoms with Gasteiger partial charge in [-0.1, -0.05) is 19.9 Å². The molecule has 1 unspecified atom stereocenters. The van der Waals surface area contributed by atoms with Crippen molar-refractivity contribution in [3.8, 4) is 0 Å². The number of carbonyl (C=O) groups is 1. The molecule has 0 saturated heterocycles. The van der Waals surface area contributed by atoms with Gasteiger partial charge in [-0.15, -0.1) is 0 Å². The average Bonchev–Trinajstić information content (AvgIpc) is 2.33. The summed E-state index contributed by atoms with van der Waals surface area (Å²) in [6.45, 7) is 8.59. The average molecular weight is 264 g/mol. The number of ether oxygens (including phenoxy) is 1. The lowest BCUT2D eigenvalue weighted by molar-refractivity contribution is -0.117. The van der Waals surface area contributed by atoms with Crippen LogP contribution in [0.3, 0.4) is 0 Å². The minimum absolute atomic E-state index is 0.0512. The van der Waals surface area contributed by atoms with Crippen LogP contribution < -0.4 is 11.1 Å². The summed E-state index contributed by atoms with van der Waals surface area (Å²) in [5, 5.41) is 2.86. The Morgan fingerprint density at radius 2 is 2.05 bits per heavy atom. The minimum atomic E-state index is -0.0512. The van der Waals surface area contributed by atoms with Gasteiger partial charge in [0.1, 0.15) is 0 Å². The van der Waals surface area contributed by atoms with Crippen molar-refractivity contribution < 1.29 is 9.53 Å². The first-order chi connectivity index (χ1) is 8.90. The summed E-state index contributed by atoms with van der Waals surface area (Å²) in [6.07, 6.45) is 0.521. The van der Waals surface area contributed by atoms with Crippen LogP contribution >= 0.6 is 0 Å². The Morgan fingerprint density at radius 3 is 2.68 bits per heavy atom. The van der Waals surface area contributed by atoms with Crippen molar-refractivity contribution in [3.05, 3.63) is 23.8 Å². The number of anilines is 2. The molecule has 0 aliphatic carbocycles. The molecule has 0 fully saturated rings. The molecule has 0 aliphatic heterocycles. The normalized spacial score (nSPS) is 12.5. The second-order valence-corrected chi connectivity index (χ2v) is 5.19. The van der Waals surface area contributed by atoms with Crippen LogP contribution in [0.2, 0.25) is 0 Å². The fraction of sp³-hybridized carbons (Fsp3) is 0.533. The maximum absolute atomic E-state index is 11.8. The molecule has 4 heteroatoms.